The van der Waals surface area contributed by atoms with Crippen molar-refractivity contribution in [3.63, 3.8) is 0 Å². The molecule has 2 rings (SSSR count). The topological polar surface area (TPSA) is 77.1 Å². The molecule has 0 saturated heterocycles. The predicted molar refractivity (Wildman–Crippen MR) is 99.1 cm³/mol. The van der Waals surface area contributed by atoms with Crippen molar-refractivity contribution >= 4 is 23.2 Å². The van der Waals surface area contributed by atoms with Crippen molar-refractivity contribution in [2.45, 2.75) is 6.92 Å². The first-order valence-electron chi connectivity index (χ1n) is 8.13. The Morgan fingerprint density at radius 3 is 2.04 bits per heavy atom. The van der Waals surface area contributed by atoms with Gasteiger partial charge in [-0.25, -0.2) is 8.78 Å². The summed E-state index contributed by atoms with van der Waals surface area (Å²) >= 11 is 0. The van der Waals surface area contributed by atoms with Crippen molar-refractivity contribution in [2.75, 3.05) is 38.1 Å². The largest absolute Gasteiger partial charge is 0.493 e. The average molecular weight is 394 g/mol. The third kappa shape index (κ3) is 4.67. The van der Waals surface area contributed by atoms with Gasteiger partial charge in [0.05, 0.1) is 21.3 Å². The number of amides is 2. The van der Waals surface area contributed by atoms with Gasteiger partial charge in [-0.3, -0.25) is 9.59 Å². The summed E-state index contributed by atoms with van der Waals surface area (Å²) in [5, 5.41) is 2.61. The zero-order chi connectivity index (χ0) is 20.8. The lowest BCUT2D eigenvalue weighted by molar-refractivity contribution is -0.120. The third-order valence-electron chi connectivity index (χ3n) is 3.85. The number of anilines is 2. The van der Waals surface area contributed by atoms with Crippen molar-refractivity contribution < 1.29 is 32.6 Å². The molecule has 2 amide bonds. The van der Waals surface area contributed by atoms with Crippen molar-refractivity contribution in [3.8, 4) is 17.2 Å². The van der Waals surface area contributed by atoms with Crippen LogP contribution in [-0.4, -0.2) is 39.7 Å². The van der Waals surface area contributed by atoms with Crippen LogP contribution in [-0.2, 0) is 9.59 Å². The van der Waals surface area contributed by atoms with Crippen LogP contribution in [0.5, 0.6) is 17.2 Å². The van der Waals surface area contributed by atoms with Gasteiger partial charge < -0.3 is 24.4 Å². The highest BCUT2D eigenvalue weighted by Gasteiger charge is 2.19. The number of methoxy groups -OCH3 is 3. The number of benzene rings is 2. The minimum Gasteiger partial charge on any atom is -0.493 e. The molecule has 9 heteroatoms. The smallest absolute Gasteiger partial charge is 0.244 e. The van der Waals surface area contributed by atoms with Crippen molar-refractivity contribution in [1.82, 2.24) is 0 Å². The van der Waals surface area contributed by atoms with Crippen molar-refractivity contribution in [1.29, 1.82) is 0 Å². The number of carbonyl (C=O) groups excluding carboxylic acids is 2. The van der Waals surface area contributed by atoms with Gasteiger partial charge in [0.1, 0.15) is 6.54 Å². The number of hydrogen-bond acceptors (Lipinski definition) is 5. The molecule has 28 heavy (non-hydrogen) atoms. The van der Waals surface area contributed by atoms with Gasteiger partial charge in [-0.2, -0.15) is 0 Å². The van der Waals surface area contributed by atoms with E-state index in [0.29, 0.717) is 22.9 Å². The second-order valence-corrected chi connectivity index (χ2v) is 5.67. The Labute approximate surface area is 160 Å². The molecule has 0 unspecified atom stereocenters. The molecule has 0 heterocycles. The Hall–Kier alpha value is -3.36. The standard InChI is InChI=1S/C19H20F2N2O5/c1-11(24)23(13-5-6-14(20)15(21)9-13)10-18(25)22-12-7-16(26-2)19(28-4)17(8-12)27-3/h5-9H,10H2,1-4H3,(H,22,25). The molecule has 0 aliphatic carbocycles. The highest BCUT2D eigenvalue weighted by atomic mass is 19.2. The molecule has 1 N–H and O–H groups in total. The summed E-state index contributed by atoms with van der Waals surface area (Å²) in [5.41, 5.74) is 0.403. The second-order valence-electron chi connectivity index (χ2n) is 5.67. The maximum Gasteiger partial charge on any atom is 0.244 e. The SMILES string of the molecule is COc1cc(NC(=O)CN(C(C)=O)c2ccc(F)c(F)c2)cc(OC)c1OC. The van der Waals surface area contributed by atoms with Gasteiger partial charge in [0.15, 0.2) is 23.1 Å². The first kappa shape index (κ1) is 20.9. The lowest BCUT2D eigenvalue weighted by Crippen LogP contribution is -2.36. The number of halogens is 2. The molecule has 2 aromatic rings. The lowest BCUT2D eigenvalue weighted by atomic mass is 10.2. The summed E-state index contributed by atoms with van der Waals surface area (Å²) in [6, 6.07) is 6.00. The Kier molecular flexibility index (Phi) is 6.75. The predicted octanol–water partition coefficient (Wildman–Crippen LogP) is 2.98. The molecular weight excluding hydrogens is 374 g/mol. The molecule has 2 aromatic carbocycles. The van der Waals surface area contributed by atoms with Crippen LogP contribution < -0.4 is 24.4 Å². The van der Waals surface area contributed by atoms with Crippen LogP contribution in [0.1, 0.15) is 6.92 Å². The fourth-order valence-electron chi connectivity index (χ4n) is 2.53. The summed E-state index contributed by atoms with van der Waals surface area (Å²) in [6.07, 6.45) is 0. The fraction of sp³-hybridized carbons (Fsp3) is 0.263. The van der Waals surface area contributed by atoms with Crippen molar-refractivity contribution in [3.05, 3.63) is 42.0 Å². The number of ether oxygens (including phenoxy) is 3. The van der Waals surface area contributed by atoms with E-state index in [1.807, 2.05) is 0 Å². The monoisotopic (exact) mass is 394 g/mol. The maximum absolute atomic E-state index is 13.5. The molecule has 150 valence electrons. The van der Waals surface area contributed by atoms with Crippen LogP contribution in [0.2, 0.25) is 0 Å². The van der Waals surface area contributed by atoms with Crippen LogP contribution in [0.15, 0.2) is 30.3 Å². The summed E-state index contributed by atoms with van der Waals surface area (Å²) in [4.78, 5) is 25.3. The summed E-state index contributed by atoms with van der Waals surface area (Å²) in [7, 11) is 4.32. The number of rotatable bonds is 7. The number of nitrogens with one attached hydrogen (secondary N) is 1. The van der Waals surface area contributed by atoms with E-state index in [1.165, 1.54) is 46.5 Å². The number of hydrogen-bond donors (Lipinski definition) is 1. The van der Waals surface area contributed by atoms with E-state index < -0.39 is 30.0 Å². The first-order chi connectivity index (χ1) is 13.3. The molecule has 0 fully saturated rings. The molecule has 0 radical (unpaired) electrons. The van der Waals surface area contributed by atoms with E-state index in [4.69, 9.17) is 14.2 Å². The van der Waals surface area contributed by atoms with E-state index in [9.17, 15) is 18.4 Å². The Balaban J connectivity index is 2.23. The molecule has 7 nitrogen and oxygen atoms in total. The van der Waals surface area contributed by atoms with Crippen LogP contribution in [0, 0.1) is 11.6 Å². The minimum absolute atomic E-state index is 0.0615. The summed E-state index contributed by atoms with van der Waals surface area (Å²) in [6.45, 7) is 0.811. The Morgan fingerprint density at radius 2 is 1.57 bits per heavy atom. The van der Waals surface area contributed by atoms with Crippen LogP contribution >= 0.6 is 0 Å². The third-order valence-corrected chi connectivity index (χ3v) is 3.85. The molecule has 0 saturated carbocycles. The van der Waals surface area contributed by atoms with E-state index in [0.717, 1.165) is 17.0 Å². The van der Waals surface area contributed by atoms with Gasteiger partial charge >= 0.3 is 0 Å². The maximum atomic E-state index is 13.5. The van der Waals surface area contributed by atoms with Crippen LogP contribution in [0.4, 0.5) is 20.2 Å². The van der Waals surface area contributed by atoms with Crippen LogP contribution in [0.3, 0.4) is 0 Å². The quantitative estimate of drug-likeness (QED) is 0.781. The Bertz CT molecular complexity index is 864. The van der Waals surface area contributed by atoms with Gasteiger partial charge in [-0.05, 0) is 12.1 Å². The number of nitrogens with zero attached hydrogens (tertiary/aromatic N) is 1. The van der Waals surface area contributed by atoms with Gasteiger partial charge in [0.2, 0.25) is 17.6 Å². The van der Waals surface area contributed by atoms with Crippen molar-refractivity contribution in [2.24, 2.45) is 0 Å². The van der Waals surface area contributed by atoms with E-state index in [2.05, 4.69) is 5.32 Å². The molecule has 0 bridgehead atoms. The van der Waals surface area contributed by atoms with Gasteiger partial charge in [-0.15, -0.1) is 0 Å². The zero-order valence-corrected chi connectivity index (χ0v) is 15.8. The first-order valence-corrected chi connectivity index (χ1v) is 8.13. The minimum atomic E-state index is -1.12. The molecule has 0 atom stereocenters. The normalized spacial score (nSPS) is 10.2. The average Bonchev–Trinajstić information content (AvgIpc) is 2.67. The van der Waals surface area contributed by atoms with Gasteiger partial charge in [0, 0.05) is 36.5 Å². The van der Waals surface area contributed by atoms with Gasteiger partial charge in [0.25, 0.3) is 0 Å². The molecule has 0 aromatic heterocycles. The summed E-state index contributed by atoms with van der Waals surface area (Å²) in [5.74, 6) is -2.21. The molecule has 0 aliphatic heterocycles. The molecule has 0 spiro atoms. The van der Waals surface area contributed by atoms with E-state index in [1.54, 1.807) is 0 Å². The molecule has 0 aliphatic rings. The summed E-state index contributed by atoms with van der Waals surface area (Å²) < 4.78 is 42.2. The highest BCUT2D eigenvalue weighted by molar-refractivity contribution is 6.02. The zero-order valence-electron chi connectivity index (χ0n) is 15.8. The number of carbonyl (C=O) groups is 2. The highest BCUT2D eigenvalue weighted by Crippen LogP contribution is 2.39. The van der Waals surface area contributed by atoms with Crippen LogP contribution in [0.25, 0.3) is 0 Å². The Morgan fingerprint density at radius 1 is 0.964 bits per heavy atom. The van der Waals surface area contributed by atoms with Gasteiger partial charge in [-0.1, -0.05) is 0 Å². The fourth-order valence-corrected chi connectivity index (χ4v) is 2.53. The second kappa shape index (κ2) is 9.03. The van der Waals surface area contributed by atoms with E-state index in [-0.39, 0.29) is 5.69 Å². The molecular formula is C19H20F2N2O5. The lowest BCUT2D eigenvalue weighted by Gasteiger charge is -2.21. The van der Waals surface area contributed by atoms with E-state index >= 15 is 0 Å².